The number of aromatic amines is 1. The van der Waals surface area contributed by atoms with E-state index in [1.807, 2.05) is 42.1 Å². The number of para-hydroxylation sites is 1. The number of nitrogens with zero attached hydrogens (tertiary/aromatic N) is 5. The van der Waals surface area contributed by atoms with Gasteiger partial charge in [0.1, 0.15) is 17.2 Å². The molecule has 5 rings (SSSR count). The first-order valence-corrected chi connectivity index (χ1v) is 12.2. The van der Waals surface area contributed by atoms with Crippen LogP contribution in [0.5, 0.6) is 5.75 Å². The Labute approximate surface area is 205 Å². The Balaban J connectivity index is 1.24. The second kappa shape index (κ2) is 10.4. The van der Waals surface area contributed by atoms with Crippen LogP contribution in [-0.2, 0) is 4.79 Å². The average Bonchev–Trinajstić information content (AvgIpc) is 3.61. The van der Waals surface area contributed by atoms with E-state index in [1.165, 1.54) is 5.69 Å². The lowest BCUT2D eigenvalue weighted by atomic mass is 10.2. The summed E-state index contributed by atoms with van der Waals surface area (Å²) in [5, 5.41) is 11.9. The van der Waals surface area contributed by atoms with E-state index in [9.17, 15) is 4.79 Å². The maximum atomic E-state index is 12.5. The highest BCUT2D eigenvalue weighted by Gasteiger charge is 2.28. The largest absolute Gasteiger partial charge is 0.488 e. The molecule has 0 saturated carbocycles. The van der Waals surface area contributed by atoms with E-state index < -0.39 is 0 Å². The molecular weight excluding hydrogens is 442 g/mol. The average molecular weight is 476 g/mol. The number of H-pyrrole nitrogens is 1. The molecule has 184 valence electrons. The summed E-state index contributed by atoms with van der Waals surface area (Å²) < 4.78 is 6.47. The van der Waals surface area contributed by atoms with Gasteiger partial charge in [-0.15, -0.1) is 0 Å². The number of hydrogen-bond acceptors (Lipinski definition) is 7. The highest BCUT2D eigenvalue weighted by Crippen LogP contribution is 2.32. The minimum Gasteiger partial charge on any atom is -0.488 e. The van der Waals surface area contributed by atoms with Crippen molar-refractivity contribution >= 4 is 28.4 Å². The first-order chi connectivity index (χ1) is 17.1. The molecule has 2 aliphatic rings. The Morgan fingerprint density at radius 1 is 1.20 bits per heavy atom. The summed E-state index contributed by atoms with van der Waals surface area (Å²) in [4.78, 5) is 23.2. The number of aromatic nitrogens is 3. The maximum absolute atomic E-state index is 12.5. The highest BCUT2D eigenvalue weighted by molar-refractivity contribution is 5.93. The Kier molecular flexibility index (Phi) is 6.85. The van der Waals surface area contributed by atoms with E-state index in [0.29, 0.717) is 12.2 Å². The van der Waals surface area contributed by atoms with Crippen LogP contribution in [-0.4, -0.2) is 89.9 Å². The van der Waals surface area contributed by atoms with Gasteiger partial charge in [0.2, 0.25) is 5.91 Å². The Morgan fingerprint density at radius 3 is 2.89 bits per heavy atom. The van der Waals surface area contributed by atoms with Crippen LogP contribution in [0.3, 0.4) is 0 Å². The molecule has 1 amide bonds. The van der Waals surface area contributed by atoms with E-state index in [4.69, 9.17) is 4.74 Å². The summed E-state index contributed by atoms with van der Waals surface area (Å²) >= 11 is 0. The van der Waals surface area contributed by atoms with E-state index in [-0.39, 0.29) is 18.1 Å². The fourth-order valence-corrected chi connectivity index (χ4v) is 4.74. The van der Waals surface area contributed by atoms with Crippen molar-refractivity contribution in [3.63, 3.8) is 0 Å². The smallest absolute Gasteiger partial charge is 0.246 e. The minimum atomic E-state index is 0.0536. The molecule has 2 aliphatic heterocycles. The molecule has 9 nitrogen and oxygen atoms in total. The summed E-state index contributed by atoms with van der Waals surface area (Å²) in [6.45, 7) is 3.93. The molecule has 3 aromatic rings. The van der Waals surface area contributed by atoms with Crippen molar-refractivity contribution in [1.82, 2.24) is 25.0 Å². The van der Waals surface area contributed by atoms with E-state index in [0.717, 1.165) is 56.0 Å². The summed E-state index contributed by atoms with van der Waals surface area (Å²) in [7, 11) is 3.97. The normalized spacial score (nSPS) is 20.4. The van der Waals surface area contributed by atoms with E-state index >= 15 is 0 Å². The van der Waals surface area contributed by atoms with E-state index in [2.05, 4.69) is 49.7 Å². The number of nitrogens with one attached hydrogen (secondary N) is 2. The zero-order chi connectivity index (χ0) is 24.2. The van der Waals surface area contributed by atoms with Gasteiger partial charge in [0.15, 0.2) is 11.5 Å². The number of benzene rings is 1. The number of anilines is 2. The fraction of sp³-hybridized carbons (Fsp3) is 0.423. The van der Waals surface area contributed by atoms with Crippen LogP contribution in [0.25, 0.3) is 11.0 Å². The van der Waals surface area contributed by atoms with Gasteiger partial charge < -0.3 is 24.8 Å². The third-order valence-electron chi connectivity index (χ3n) is 6.55. The molecule has 2 fully saturated rings. The van der Waals surface area contributed by atoms with Crippen LogP contribution >= 0.6 is 0 Å². The van der Waals surface area contributed by atoms with Crippen LogP contribution in [0.2, 0.25) is 0 Å². The van der Waals surface area contributed by atoms with Gasteiger partial charge in [0, 0.05) is 56.6 Å². The number of carbonyl (C=O) groups excluding carboxylic acids is 1. The minimum absolute atomic E-state index is 0.0536. The van der Waals surface area contributed by atoms with Gasteiger partial charge >= 0.3 is 0 Å². The van der Waals surface area contributed by atoms with Gasteiger partial charge in [-0.05, 0) is 38.7 Å². The second-order valence-corrected chi connectivity index (χ2v) is 9.49. The molecule has 0 bridgehead atoms. The molecule has 4 heterocycles. The predicted molar refractivity (Wildman–Crippen MR) is 138 cm³/mol. The number of fused-ring (bicyclic) bond motifs is 1. The van der Waals surface area contributed by atoms with Crippen LogP contribution in [0, 0.1) is 0 Å². The van der Waals surface area contributed by atoms with Crippen molar-refractivity contribution in [3.8, 4) is 5.75 Å². The maximum Gasteiger partial charge on any atom is 0.246 e. The van der Waals surface area contributed by atoms with Crippen LogP contribution in [0.15, 0.2) is 54.7 Å². The standard InChI is InChI=1S/C26H33N7O2/c1-31(2)14-6-9-23(34)33-15-11-19(17-33)28-26-24-22(10-13-27-25(24)29-30-26)35-21-12-16-32(18-21)20-7-4-3-5-8-20/h3-10,13,19,21H,11-12,14-18H2,1-2H3,(H2,27,28,29,30)/b9-6+/t19-,21+/m1/s1. The molecule has 1 aromatic carbocycles. The molecule has 2 aromatic heterocycles. The molecule has 35 heavy (non-hydrogen) atoms. The van der Waals surface area contributed by atoms with Gasteiger partial charge in [-0.3, -0.25) is 9.89 Å². The number of carbonyl (C=O) groups is 1. The van der Waals surface area contributed by atoms with E-state index in [1.54, 1.807) is 12.3 Å². The molecule has 2 N–H and O–H groups in total. The summed E-state index contributed by atoms with van der Waals surface area (Å²) in [5.74, 6) is 1.56. The predicted octanol–water partition coefficient (Wildman–Crippen LogP) is 2.75. The molecule has 0 spiro atoms. The Morgan fingerprint density at radius 2 is 2.06 bits per heavy atom. The van der Waals surface area contributed by atoms with Gasteiger partial charge in [-0.1, -0.05) is 24.3 Å². The number of pyridine rings is 1. The number of likely N-dealkylation sites (tertiary alicyclic amines) is 1. The first-order valence-electron chi connectivity index (χ1n) is 12.2. The fourth-order valence-electron chi connectivity index (χ4n) is 4.74. The summed E-state index contributed by atoms with van der Waals surface area (Å²) in [6, 6.07) is 12.5. The lowest BCUT2D eigenvalue weighted by Gasteiger charge is -2.19. The van der Waals surface area contributed by atoms with Crippen LogP contribution < -0.4 is 15.0 Å². The van der Waals surface area contributed by atoms with Gasteiger partial charge in [-0.2, -0.15) is 5.10 Å². The zero-order valence-corrected chi connectivity index (χ0v) is 20.4. The highest BCUT2D eigenvalue weighted by atomic mass is 16.5. The van der Waals surface area contributed by atoms with Gasteiger partial charge in [-0.25, -0.2) is 4.98 Å². The number of rotatable bonds is 8. The van der Waals surface area contributed by atoms with Gasteiger partial charge in [0.05, 0.1) is 6.54 Å². The third-order valence-corrected chi connectivity index (χ3v) is 6.55. The van der Waals surface area contributed by atoms with Crippen molar-refractivity contribution in [1.29, 1.82) is 0 Å². The number of ether oxygens (including phenoxy) is 1. The zero-order valence-electron chi connectivity index (χ0n) is 20.4. The second-order valence-electron chi connectivity index (χ2n) is 9.49. The summed E-state index contributed by atoms with van der Waals surface area (Å²) in [5.41, 5.74) is 1.92. The van der Waals surface area contributed by atoms with Crippen LogP contribution in [0.4, 0.5) is 11.5 Å². The lowest BCUT2D eigenvalue weighted by molar-refractivity contribution is -0.125. The number of hydrogen-bond donors (Lipinski definition) is 2. The monoisotopic (exact) mass is 475 g/mol. The molecule has 0 radical (unpaired) electrons. The number of amides is 1. The van der Waals surface area contributed by atoms with Crippen molar-refractivity contribution in [3.05, 3.63) is 54.7 Å². The molecule has 2 atom stereocenters. The van der Waals surface area contributed by atoms with Crippen molar-refractivity contribution in [2.24, 2.45) is 0 Å². The van der Waals surface area contributed by atoms with Crippen molar-refractivity contribution < 1.29 is 9.53 Å². The molecule has 0 aliphatic carbocycles. The number of likely N-dealkylation sites (N-methyl/N-ethyl adjacent to an activating group) is 1. The Bertz CT molecular complexity index is 1180. The third kappa shape index (κ3) is 5.40. The Hall–Kier alpha value is -3.59. The summed E-state index contributed by atoms with van der Waals surface area (Å²) in [6.07, 6.45) is 7.24. The topological polar surface area (TPSA) is 89.6 Å². The quantitative estimate of drug-likeness (QED) is 0.484. The SMILES string of the molecule is CN(C)C/C=C/C(=O)N1CC[C@@H](Nc2n[nH]c3nccc(O[C@H]4CCN(c5ccccc5)C4)c23)C1. The van der Waals surface area contributed by atoms with Gasteiger partial charge in [0.25, 0.3) is 0 Å². The van der Waals surface area contributed by atoms with Crippen molar-refractivity contribution in [2.75, 3.05) is 57.0 Å². The lowest BCUT2D eigenvalue weighted by Crippen LogP contribution is -2.30. The van der Waals surface area contributed by atoms with Crippen molar-refractivity contribution in [2.45, 2.75) is 25.0 Å². The van der Waals surface area contributed by atoms with Crippen LogP contribution in [0.1, 0.15) is 12.8 Å². The molecule has 2 saturated heterocycles. The molecular formula is C26H33N7O2. The molecule has 9 heteroatoms. The molecule has 0 unspecified atom stereocenters. The first kappa shape index (κ1) is 23.2.